The summed E-state index contributed by atoms with van der Waals surface area (Å²) in [6, 6.07) is 15.1. The summed E-state index contributed by atoms with van der Waals surface area (Å²) in [6.07, 6.45) is -0.164. The summed E-state index contributed by atoms with van der Waals surface area (Å²) in [5.74, 6) is 1.38. The molecule has 0 fully saturated rings. The summed E-state index contributed by atoms with van der Waals surface area (Å²) in [6.45, 7) is 13.7. The molecule has 2 heterocycles. The second kappa shape index (κ2) is 10.8. The zero-order valence-electron chi connectivity index (χ0n) is 19.4. The summed E-state index contributed by atoms with van der Waals surface area (Å²) in [5, 5.41) is 0. The van der Waals surface area contributed by atoms with Gasteiger partial charge in [-0.05, 0) is 19.1 Å². The molecule has 3 unspecified atom stereocenters. The van der Waals surface area contributed by atoms with Crippen LogP contribution >= 0.6 is 15.2 Å². The van der Waals surface area contributed by atoms with E-state index in [0.717, 1.165) is 11.1 Å². The fraction of sp³-hybridized carbons (Fsp3) is 0.478. The van der Waals surface area contributed by atoms with Crippen molar-refractivity contribution in [3.8, 4) is 11.5 Å². The van der Waals surface area contributed by atoms with E-state index >= 15 is 0 Å². The number of hydrogen-bond acceptors (Lipinski definition) is 6. The Morgan fingerprint density at radius 2 is 1.32 bits per heavy atom. The first-order valence-corrected chi connectivity index (χ1v) is 14.0. The highest BCUT2D eigenvalue weighted by Gasteiger charge is 2.38. The van der Waals surface area contributed by atoms with Crippen molar-refractivity contribution < 1.29 is 27.2 Å². The van der Waals surface area contributed by atoms with Gasteiger partial charge in [0.1, 0.15) is 11.5 Å². The molecule has 0 aromatic heterocycles. The van der Waals surface area contributed by atoms with Gasteiger partial charge in [-0.25, -0.2) is 9.13 Å². The average molecular weight is 468 g/mol. The molecule has 0 bridgehead atoms. The highest BCUT2D eigenvalue weighted by molar-refractivity contribution is 7.55. The van der Waals surface area contributed by atoms with Gasteiger partial charge in [0.15, 0.2) is 0 Å². The fourth-order valence-electron chi connectivity index (χ4n) is 2.85. The third-order valence-electron chi connectivity index (χ3n) is 4.75. The maximum atomic E-state index is 12.3. The lowest BCUT2D eigenvalue weighted by atomic mass is 10.1. The summed E-state index contributed by atoms with van der Waals surface area (Å²) in [4.78, 5) is 0. The van der Waals surface area contributed by atoms with Crippen LogP contribution in [-0.4, -0.2) is 11.3 Å². The number of rotatable bonds is 2. The minimum atomic E-state index is -2.97. The predicted octanol–water partition coefficient (Wildman–Crippen LogP) is 7.98. The molecule has 6 nitrogen and oxygen atoms in total. The van der Waals surface area contributed by atoms with Gasteiger partial charge in [-0.3, -0.25) is 9.05 Å². The van der Waals surface area contributed by atoms with Crippen molar-refractivity contribution in [2.75, 3.05) is 0 Å². The Kier molecular flexibility index (Phi) is 8.97. The molecule has 4 rings (SSSR count). The maximum Gasteiger partial charge on any atom is 0.382 e. The number of para-hydroxylation sites is 2. The average Bonchev–Trinajstić information content (AvgIpc) is 2.75. The lowest BCUT2D eigenvalue weighted by Gasteiger charge is -2.32. The Labute approximate surface area is 186 Å². The first-order valence-electron chi connectivity index (χ1n) is 10.7. The molecule has 0 aliphatic carbocycles. The van der Waals surface area contributed by atoms with E-state index in [9.17, 15) is 9.13 Å². The Hall–Kier alpha value is -1.58. The van der Waals surface area contributed by atoms with Crippen LogP contribution in [0.1, 0.15) is 65.7 Å². The normalized spacial score (nSPS) is 26.2. The molecule has 0 N–H and O–H groups in total. The van der Waals surface area contributed by atoms with E-state index in [1.807, 2.05) is 97.0 Å². The Bertz CT molecular complexity index is 957. The molecule has 2 aliphatic rings. The predicted molar refractivity (Wildman–Crippen MR) is 125 cm³/mol. The monoisotopic (exact) mass is 468 g/mol. The number of fused-ring (bicyclic) bond motifs is 2. The first kappa shape index (κ1) is 25.7. The third-order valence-corrected chi connectivity index (χ3v) is 9.28. The molecule has 8 heteroatoms. The summed E-state index contributed by atoms with van der Waals surface area (Å²) in [7, 11) is -5.89. The maximum absolute atomic E-state index is 12.3. The van der Waals surface area contributed by atoms with Crippen molar-refractivity contribution in [1.82, 2.24) is 0 Å². The van der Waals surface area contributed by atoms with Crippen molar-refractivity contribution in [2.24, 2.45) is 0 Å². The molecule has 0 spiro atoms. The van der Waals surface area contributed by atoms with E-state index in [0.29, 0.717) is 18.1 Å². The van der Waals surface area contributed by atoms with Crippen LogP contribution in [-0.2, 0) is 24.8 Å². The van der Waals surface area contributed by atoms with Crippen LogP contribution in [0.2, 0.25) is 0 Å². The van der Waals surface area contributed by atoms with Crippen molar-refractivity contribution in [3.05, 3.63) is 59.7 Å². The highest BCUT2D eigenvalue weighted by atomic mass is 31.2. The molecule has 172 valence electrons. The summed E-state index contributed by atoms with van der Waals surface area (Å²) >= 11 is 0. The zero-order valence-corrected chi connectivity index (χ0v) is 21.2. The van der Waals surface area contributed by atoms with E-state index in [2.05, 4.69) is 0 Å². The van der Waals surface area contributed by atoms with E-state index in [-0.39, 0.29) is 17.4 Å². The topological polar surface area (TPSA) is 71.1 Å². The molecule has 2 aromatic carbocycles. The molecule has 2 aromatic rings. The zero-order chi connectivity index (χ0) is 23.2. The standard InChI is InChI=1S/C11H15O3P.C10H13O3P.C2H6/c1-8(2)15(12)13-9(3)10-6-4-5-7-11(10)14-15;1-8(2)14(11)12-7-9-5-3-4-6-10(9)13-14;1-2/h4-9H,1-3H3;3-6,8H,7H2,1-2H3;1-2H3. The van der Waals surface area contributed by atoms with Crippen molar-refractivity contribution in [2.45, 2.75) is 72.5 Å². The van der Waals surface area contributed by atoms with Gasteiger partial charge in [0, 0.05) is 11.1 Å². The van der Waals surface area contributed by atoms with Crippen molar-refractivity contribution in [3.63, 3.8) is 0 Å². The molecule has 31 heavy (non-hydrogen) atoms. The van der Waals surface area contributed by atoms with Crippen LogP contribution in [0.4, 0.5) is 0 Å². The second-order valence-electron chi connectivity index (χ2n) is 7.62. The molecule has 2 aliphatic heterocycles. The largest absolute Gasteiger partial charge is 0.424 e. The van der Waals surface area contributed by atoms with Gasteiger partial charge in [0.05, 0.1) is 24.0 Å². The van der Waals surface area contributed by atoms with Crippen LogP contribution in [0.5, 0.6) is 11.5 Å². The lowest BCUT2D eigenvalue weighted by Crippen LogP contribution is -2.16. The van der Waals surface area contributed by atoms with Gasteiger partial charge < -0.3 is 9.05 Å². The van der Waals surface area contributed by atoms with Crippen molar-refractivity contribution in [1.29, 1.82) is 0 Å². The van der Waals surface area contributed by atoms with Gasteiger partial charge >= 0.3 is 15.2 Å². The van der Waals surface area contributed by atoms with Gasteiger partial charge in [-0.1, -0.05) is 77.9 Å². The van der Waals surface area contributed by atoms with E-state index in [1.54, 1.807) is 0 Å². The molecule has 0 saturated carbocycles. The Morgan fingerprint density at radius 3 is 1.94 bits per heavy atom. The molecule has 0 radical (unpaired) electrons. The molecule has 0 amide bonds. The third kappa shape index (κ3) is 6.02. The van der Waals surface area contributed by atoms with Gasteiger partial charge in [0.25, 0.3) is 0 Å². The minimum Gasteiger partial charge on any atom is -0.424 e. The van der Waals surface area contributed by atoms with Gasteiger partial charge in [-0.2, -0.15) is 0 Å². The van der Waals surface area contributed by atoms with Crippen LogP contribution < -0.4 is 9.05 Å². The van der Waals surface area contributed by atoms with E-state index < -0.39 is 15.2 Å². The number of hydrogen-bond donors (Lipinski definition) is 0. The van der Waals surface area contributed by atoms with Crippen molar-refractivity contribution >= 4 is 15.2 Å². The lowest BCUT2D eigenvalue weighted by molar-refractivity contribution is 0.170. The van der Waals surface area contributed by atoms with Gasteiger partial charge in [0.2, 0.25) is 0 Å². The minimum absolute atomic E-state index is 0.101. The molecule has 3 atom stereocenters. The van der Waals surface area contributed by atoms with E-state index in [4.69, 9.17) is 18.1 Å². The van der Waals surface area contributed by atoms with Crippen LogP contribution in [0, 0.1) is 0 Å². The first-order chi connectivity index (χ1) is 14.6. The van der Waals surface area contributed by atoms with Crippen LogP contribution in [0.3, 0.4) is 0 Å². The summed E-state index contributed by atoms with van der Waals surface area (Å²) in [5.41, 5.74) is 1.70. The number of benzene rings is 2. The molecule has 0 saturated heterocycles. The quantitative estimate of drug-likeness (QED) is 0.416. The smallest absolute Gasteiger partial charge is 0.382 e. The molecular formula is C23H34O6P2. The second-order valence-corrected chi connectivity index (χ2v) is 12.7. The Morgan fingerprint density at radius 1 is 0.806 bits per heavy atom. The SMILES string of the molecule is CC.CC(C)P1(=O)OCc2ccccc2O1.CC1OP(=O)(C(C)C)Oc2ccccc21. The van der Waals surface area contributed by atoms with Crippen LogP contribution in [0.25, 0.3) is 0 Å². The highest BCUT2D eigenvalue weighted by Crippen LogP contribution is 2.60. The Balaban J connectivity index is 0.000000204. The van der Waals surface area contributed by atoms with Gasteiger partial charge in [-0.15, -0.1) is 0 Å². The fourth-order valence-corrected chi connectivity index (χ4v) is 5.68. The van der Waals surface area contributed by atoms with E-state index in [1.165, 1.54) is 0 Å². The molecular weight excluding hydrogens is 434 g/mol. The van der Waals surface area contributed by atoms with Crippen LogP contribution in [0.15, 0.2) is 48.5 Å². The summed E-state index contributed by atoms with van der Waals surface area (Å²) < 4.78 is 46.0.